The van der Waals surface area contributed by atoms with Crippen molar-refractivity contribution in [3.63, 3.8) is 0 Å². The zero-order valence-electron chi connectivity index (χ0n) is 13.0. The third-order valence-electron chi connectivity index (χ3n) is 3.14. The largest absolute Gasteiger partial charge is 0.493 e. The Labute approximate surface area is 152 Å². The van der Waals surface area contributed by atoms with E-state index in [1.165, 1.54) is 5.56 Å². The molecule has 124 valence electrons. The number of methoxy groups -OCH3 is 1. The van der Waals surface area contributed by atoms with E-state index in [9.17, 15) is 0 Å². The number of benzene rings is 2. The lowest BCUT2D eigenvalue weighted by Gasteiger charge is -2.14. The highest BCUT2D eigenvalue weighted by Gasteiger charge is 2.11. The van der Waals surface area contributed by atoms with Gasteiger partial charge < -0.3 is 14.8 Å². The molecule has 0 fully saturated rings. The van der Waals surface area contributed by atoms with Gasteiger partial charge in [0.15, 0.2) is 11.5 Å². The van der Waals surface area contributed by atoms with Gasteiger partial charge in [0.1, 0.15) is 6.61 Å². The van der Waals surface area contributed by atoms with Gasteiger partial charge in [-0.25, -0.2) is 0 Å². The highest BCUT2D eigenvalue weighted by atomic mass is 79.9. The molecule has 0 aromatic heterocycles. The maximum Gasteiger partial charge on any atom is 0.175 e. The SMILES string of the molecule is C=CCOc1c(Br)cc(CNCc2ccccc2)cc1OC.Cl. The van der Waals surface area contributed by atoms with Crippen LogP contribution in [0.25, 0.3) is 0 Å². The molecule has 0 aliphatic carbocycles. The number of hydrogen-bond donors (Lipinski definition) is 1. The third-order valence-corrected chi connectivity index (χ3v) is 3.72. The summed E-state index contributed by atoms with van der Waals surface area (Å²) in [6.45, 7) is 5.69. The van der Waals surface area contributed by atoms with Crippen LogP contribution in [0, 0.1) is 0 Å². The summed E-state index contributed by atoms with van der Waals surface area (Å²) in [7, 11) is 1.64. The summed E-state index contributed by atoms with van der Waals surface area (Å²) < 4.78 is 11.9. The molecule has 1 N–H and O–H groups in total. The summed E-state index contributed by atoms with van der Waals surface area (Å²) >= 11 is 3.54. The van der Waals surface area contributed by atoms with Gasteiger partial charge in [-0.05, 0) is 39.2 Å². The Kier molecular flexibility index (Phi) is 8.77. The van der Waals surface area contributed by atoms with E-state index in [1.54, 1.807) is 13.2 Å². The second-order valence-corrected chi connectivity index (χ2v) is 5.65. The van der Waals surface area contributed by atoms with Crippen molar-refractivity contribution in [1.29, 1.82) is 0 Å². The summed E-state index contributed by atoms with van der Waals surface area (Å²) in [6.07, 6.45) is 1.71. The van der Waals surface area contributed by atoms with Crippen molar-refractivity contribution < 1.29 is 9.47 Å². The van der Waals surface area contributed by atoms with Crippen LogP contribution in [-0.4, -0.2) is 13.7 Å². The molecule has 0 amide bonds. The highest BCUT2D eigenvalue weighted by Crippen LogP contribution is 2.36. The van der Waals surface area contributed by atoms with Crippen LogP contribution in [0.3, 0.4) is 0 Å². The first-order valence-electron chi connectivity index (χ1n) is 7.09. The van der Waals surface area contributed by atoms with Gasteiger partial charge in [-0.3, -0.25) is 0 Å². The Hall–Kier alpha value is -1.49. The van der Waals surface area contributed by atoms with Gasteiger partial charge in [-0.1, -0.05) is 43.0 Å². The molecule has 23 heavy (non-hydrogen) atoms. The summed E-state index contributed by atoms with van der Waals surface area (Å²) in [5.74, 6) is 1.42. The van der Waals surface area contributed by atoms with E-state index in [1.807, 2.05) is 30.3 Å². The predicted octanol–water partition coefficient (Wildman–Crippen LogP) is 4.73. The summed E-state index contributed by atoms with van der Waals surface area (Å²) in [5.41, 5.74) is 2.39. The molecular formula is C18H21BrClNO2. The minimum Gasteiger partial charge on any atom is -0.493 e. The van der Waals surface area contributed by atoms with Crippen LogP contribution in [0.2, 0.25) is 0 Å². The number of rotatable bonds is 8. The lowest BCUT2D eigenvalue weighted by Crippen LogP contribution is -2.12. The molecule has 0 heterocycles. The van der Waals surface area contributed by atoms with Crippen molar-refractivity contribution in [3.05, 3.63) is 70.7 Å². The Bertz CT molecular complexity index is 620. The van der Waals surface area contributed by atoms with E-state index in [-0.39, 0.29) is 12.4 Å². The van der Waals surface area contributed by atoms with Crippen LogP contribution >= 0.6 is 28.3 Å². The zero-order chi connectivity index (χ0) is 15.8. The van der Waals surface area contributed by atoms with E-state index in [0.717, 1.165) is 23.1 Å². The average Bonchev–Trinajstić information content (AvgIpc) is 2.54. The lowest BCUT2D eigenvalue weighted by atomic mass is 10.2. The van der Waals surface area contributed by atoms with Gasteiger partial charge in [-0.15, -0.1) is 12.4 Å². The molecule has 2 aromatic carbocycles. The summed E-state index contributed by atoms with van der Waals surface area (Å²) in [4.78, 5) is 0. The van der Waals surface area contributed by atoms with Crippen LogP contribution in [0.5, 0.6) is 11.5 Å². The summed E-state index contributed by atoms with van der Waals surface area (Å²) in [5, 5.41) is 3.43. The normalized spacial score (nSPS) is 9.83. The Morgan fingerprint density at radius 2 is 1.83 bits per heavy atom. The molecule has 3 nitrogen and oxygen atoms in total. The van der Waals surface area contributed by atoms with Gasteiger partial charge in [0.2, 0.25) is 0 Å². The molecule has 0 aliphatic heterocycles. The monoisotopic (exact) mass is 397 g/mol. The zero-order valence-corrected chi connectivity index (χ0v) is 15.5. The second-order valence-electron chi connectivity index (χ2n) is 4.80. The Morgan fingerprint density at radius 3 is 2.48 bits per heavy atom. The molecule has 0 aliphatic rings. The number of nitrogens with one attached hydrogen (secondary N) is 1. The number of hydrogen-bond acceptors (Lipinski definition) is 3. The van der Waals surface area contributed by atoms with Crippen molar-refractivity contribution in [2.75, 3.05) is 13.7 Å². The summed E-state index contributed by atoms with van der Waals surface area (Å²) in [6, 6.07) is 14.4. The topological polar surface area (TPSA) is 30.5 Å². The van der Waals surface area contributed by atoms with Gasteiger partial charge in [0.05, 0.1) is 11.6 Å². The first-order chi connectivity index (χ1) is 10.7. The van der Waals surface area contributed by atoms with Gasteiger partial charge in [0.25, 0.3) is 0 Å². The maximum absolute atomic E-state index is 5.63. The minimum absolute atomic E-state index is 0. The molecule has 0 spiro atoms. The van der Waals surface area contributed by atoms with Crippen LogP contribution in [0.15, 0.2) is 59.6 Å². The molecular weight excluding hydrogens is 378 g/mol. The molecule has 0 atom stereocenters. The van der Waals surface area contributed by atoms with Crippen LogP contribution in [0.1, 0.15) is 11.1 Å². The van der Waals surface area contributed by atoms with Gasteiger partial charge in [0, 0.05) is 13.1 Å². The van der Waals surface area contributed by atoms with Crippen molar-refractivity contribution in [2.24, 2.45) is 0 Å². The molecule has 2 rings (SSSR count). The van der Waals surface area contributed by atoms with Crippen molar-refractivity contribution in [1.82, 2.24) is 5.32 Å². The second kappa shape index (κ2) is 10.3. The fraction of sp³-hybridized carbons (Fsp3) is 0.222. The van der Waals surface area contributed by atoms with Crippen molar-refractivity contribution >= 4 is 28.3 Å². The van der Waals surface area contributed by atoms with Crippen molar-refractivity contribution in [2.45, 2.75) is 13.1 Å². The Morgan fingerprint density at radius 1 is 1.13 bits per heavy atom. The molecule has 2 aromatic rings. The first-order valence-corrected chi connectivity index (χ1v) is 7.88. The van der Waals surface area contributed by atoms with E-state index in [0.29, 0.717) is 18.1 Å². The smallest absolute Gasteiger partial charge is 0.175 e. The van der Waals surface area contributed by atoms with E-state index in [2.05, 4.69) is 40.0 Å². The molecule has 0 saturated heterocycles. The quantitative estimate of drug-likeness (QED) is 0.652. The average molecular weight is 399 g/mol. The first kappa shape index (κ1) is 19.6. The van der Waals surface area contributed by atoms with E-state index < -0.39 is 0 Å². The maximum atomic E-state index is 5.63. The fourth-order valence-electron chi connectivity index (χ4n) is 2.10. The minimum atomic E-state index is 0. The van der Waals surface area contributed by atoms with E-state index in [4.69, 9.17) is 9.47 Å². The van der Waals surface area contributed by atoms with Crippen LogP contribution in [0.4, 0.5) is 0 Å². The van der Waals surface area contributed by atoms with Crippen LogP contribution < -0.4 is 14.8 Å². The van der Waals surface area contributed by atoms with Crippen LogP contribution in [-0.2, 0) is 13.1 Å². The fourth-order valence-corrected chi connectivity index (χ4v) is 2.71. The van der Waals surface area contributed by atoms with Crippen molar-refractivity contribution in [3.8, 4) is 11.5 Å². The third kappa shape index (κ3) is 5.90. The molecule has 0 radical (unpaired) electrons. The molecule has 5 heteroatoms. The molecule has 0 bridgehead atoms. The Balaban J connectivity index is 0.00000264. The lowest BCUT2D eigenvalue weighted by molar-refractivity contribution is 0.324. The van der Waals surface area contributed by atoms with E-state index >= 15 is 0 Å². The molecule has 0 unspecified atom stereocenters. The predicted molar refractivity (Wildman–Crippen MR) is 101 cm³/mol. The number of halogens is 2. The van der Waals surface area contributed by atoms with Gasteiger partial charge >= 0.3 is 0 Å². The standard InChI is InChI=1S/C18H20BrNO2.ClH/c1-3-9-22-18-16(19)10-15(11-17(18)21-2)13-20-12-14-7-5-4-6-8-14;/h3-8,10-11,20H,1,9,12-13H2,2H3;1H. The number of ether oxygens (including phenoxy) is 2. The highest BCUT2D eigenvalue weighted by molar-refractivity contribution is 9.10. The molecule has 0 saturated carbocycles. The van der Waals surface area contributed by atoms with Gasteiger partial charge in [-0.2, -0.15) is 0 Å².